The summed E-state index contributed by atoms with van der Waals surface area (Å²) in [7, 11) is 1.84. The number of hydrogen-bond donors (Lipinski definition) is 0. The Hall–Kier alpha value is -3.21. The zero-order chi connectivity index (χ0) is 16.0. The Morgan fingerprint density at radius 3 is 2.17 bits per heavy atom. The maximum atomic E-state index is 12.5. The Kier molecular flexibility index (Phi) is 2.87. The molecule has 2 heterocycles. The lowest BCUT2D eigenvalue weighted by Gasteiger charge is -2.14. The molecule has 4 rings (SSSR count). The summed E-state index contributed by atoms with van der Waals surface area (Å²) in [6, 6.07) is 16.1. The summed E-state index contributed by atoms with van der Waals surface area (Å²) in [6.07, 6.45) is 1.85. The molecule has 2 aromatic carbocycles. The molecule has 112 valence electrons. The van der Waals surface area contributed by atoms with Crippen molar-refractivity contribution in [3.8, 4) is 11.3 Å². The zero-order valence-corrected chi connectivity index (χ0v) is 12.4. The first-order valence-electron chi connectivity index (χ1n) is 7.23. The smallest absolute Gasteiger partial charge is 0.266 e. The van der Waals surface area contributed by atoms with E-state index in [9.17, 15) is 9.59 Å². The van der Waals surface area contributed by atoms with Crippen LogP contribution in [0.25, 0.3) is 11.3 Å². The van der Waals surface area contributed by atoms with E-state index in [-0.39, 0.29) is 11.8 Å². The number of benzene rings is 2. The van der Waals surface area contributed by atoms with Gasteiger partial charge < -0.3 is 0 Å². The van der Waals surface area contributed by atoms with Gasteiger partial charge in [-0.2, -0.15) is 5.10 Å². The normalized spacial score (nSPS) is 13.5. The van der Waals surface area contributed by atoms with E-state index < -0.39 is 0 Å². The molecule has 1 aliphatic rings. The molecule has 0 aliphatic carbocycles. The molecule has 0 bridgehead atoms. The SMILES string of the molecule is Cn1ccc(-c2cccc(N3C(=O)c4ccccc4C3=O)c2)n1. The van der Waals surface area contributed by atoms with Gasteiger partial charge in [0.1, 0.15) is 0 Å². The van der Waals surface area contributed by atoms with Gasteiger partial charge in [-0.15, -0.1) is 0 Å². The highest BCUT2D eigenvalue weighted by atomic mass is 16.2. The Morgan fingerprint density at radius 1 is 0.870 bits per heavy atom. The summed E-state index contributed by atoms with van der Waals surface area (Å²) in [4.78, 5) is 26.3. The van der Waals surface area contributed by atoms with Crippen LogP contribution < -0.4 is 4.90 Å². The standard InChI is InChI=1S/C18H13N3O2/c1-20-10-9-16(19-20)12-5-4-6-13(11-12)21-17(22)14-7-2-3-8-15(14)18(21)23/h2-11H,1H3. The number of carbonyl (C=O) groups is 2. The van der Waals surface area contributed by atoms with Gasteiger partial charge in [-0.1, -0.05) is 24.3 Å². The van der Waals surface area contributed by atoms with Crippen LogP contribution in [-0.2, 0) is 7.05 Å². The van der Waals surface area contributed by atoms with Gasteiger partial charge >= 0.3 is 0 Å². The van der Waals surface area contributed by atoms with Gasteiger partial charge in [-0.3, -0.25) is 14.3 Å². The van der Waals surface area contributed by atoms with Crippen LogP contribution in [-0.4, -0.2) is 21.6 Å². The van der Waals surface area contributed by atoms with E-state index in [0.29, 0.717) is 16.8 Å². The quantitative estimate of drug-likeness (QED) is 0.684. The number of anilines is 1. The summed E-state index contributed by atoms with van der Waals surface area (Å²) in [5.41, 5.74) is 3.10. The molecule has 0 atom stereocenters. The number of nitrogens with zero attached hydrogens (tertiary/aromatic N) is 3. The van der Waals surface area contributed by atoms with E-state index >= 15 is 0 Å². The fourth-order valence-corrected chi connectivity index (χ4v) is 2.80. The van der Waals surface area contributed by atoms with E-state index in [0.717, 1.165) is 11.3 Å². The number of amides is 2. The first-order valence-corrected chi connectivity index (χ1v) is 7.23. The van der Waals surface area contributed by atoms with Crippen molar-refractivity contribution in [1.29, 1.82) is 0 Å². The molecule has 2 amide bonds. The van der Waals surface area contributed by atoms with Crippen molar-refractivity contribution in [2.75, 3.05) is 4.90 Å². The van der Waals surface area contributed by atoms with Gasteiger partial charge in [0.05, 0.1) is 22.5 Å². The highest BCUT2D eigenvalue weighted by Gasteiger charge is 2.36. The van der Waals surface area contributed by atoms with E-state index in [1.807, 2.05) is 37.5 Å². The fourth-order valence-electron chi connectivity index (χ4n) is 2.80. The van der Waals surface area contributed by atoms with Gasteiger partial charge in [0.2, 0.25) is 0 Å². The second-order valence-electron chi connectivity index (χ2n) is 5.42. The minimum Gasteiger partial charge on any atom is -0.275 e. The minimum absolute atomic E-state index is 0.288. The number of aryl methyl sites for hydroxylation is 1. The van der Waals surface area contributed by atoms with E-state index in [1.165, 1.54) is 4.90 Å². The lowest BCUT2D eigenvalue weighted by molar-refractivity contribution is 0.0926. The third-order valence-corrected chi connectivity index (χ3v) is 3.91. The lowest BCUT2D eigenvalue weighted by atomic mass is 10.1. The molecule has 0 saturated carbocycles. The van der Waals surface area contributed by atoms with Crippen molar-refractivity contribution in [3.63, 3.8) is 0 Å². The number of imide groups is 1. The predicted octanol–water partition coefficient (Wildman–Crippen LogP) is 2.89. The second-order valence-corrected chi connectivity index (χ2v) is 5.42. The molecule has 0 radical (unpaired) electrons. The zero-order valence-electron chi connectivity index (χ0n) is 12.4. The van der Waals surface area contributed by atoms with Crippen LogP contribution in [0.5, 0.6) is 0 Å². The van der Waals surface area contributed by atoms with Gasteiger partial charge in [-0.05, 0) is 30.3 Å². The number of aromatic nitrogens is 2. The van der Waals surface area contributed by atoms with Crippen molar-refractivity contribution < 1.29 is 9.59 Å². The van der Waals surface area contributed by atoms with Crippen molar-refractivity contribution in [1.82, 2.24) is 9.78 Å². The molecule has 5 heteroatoms. The van der Waals surface area contributed by atoms with Gasteiger partial charge in [-0.25, -0.2) is 4.90 Å². The minimum atomic E-state index is -0.288. The molecule has 0 unspecified atom stereocenters. The third kappa shape index (κ3) is 2.05. The molecule has 0 fully saturated rings. The Balaban J connectivity index is 1.78. The molecule has 0 spiro atoms. The summed E-state index contributed by atoms with van der Waals surface area (Å²) >= 11 is 0. The highest BCUT2D eigenvalue weighted by Crippen LogP contribution is 2.30. The third-order valence-electron chi connectivity index (χ3n) is 3.91. The van der Waals surface area contributed by atoms with Crippen LogP contribution in [0.2, 0.25) is 0 Å². The van der Waals surface area contributed by atoms with E-state index in [2.05, 4.69) is 5.10 Å². The van der Waals surface area contributed by atoms with Crippen LogP contribution in [0.4, 0.5) is 5.69 Å². The molecule has 3 aromatic rings. The molecular formula is C18H13N3O2. The van der Waals surface area contributed by atoms with Crippen LogP contribution in [0, 0.1) is 0 Å². The van der Waals surface area contributed by atoms with Gasteiger partial charge in [0.15, 0.2) is 0 Å². The highest BCUT2D eigenvalue weighted by molar-refractivity contribution is 6.34. The molecule has 0 N–H and O–H groups in total. The molecule has 1 aliphatic heterocycles. The van der Waals surface area contributed by atoms with E-state index in [1.54, 1.807) is 35.0 Å². The van der Waals surface area contributed by atoms with E-state index in [4.69, 9.17) is 0 Å². The van der Waals surface area contributed by atoms with Crippen LogP contribution in [0.15, 0.2) is 60.8 Å². The van der Waals surface area contributed by atoms with Gasteiger partial charge in [0, 0.05) is 18.8 Å². The maximum Gasteiger partial charge on any atom is 0.266 e. The average Bonchev–Trinajstić information content (AvgIpc) is 3.11. The van der Waals surface area contributed by atoms with Crippen molar-refractivity contribution >= 4 is 17.5 Å². The summed E-state index contributed by atoms with van der Waals surface area (Å²) in [5, 5.41) is 4.35. The van der Waals surface area contributed by atoms with Gasteiger partial charge in [0.25, 0.3) is 11.8 Å². The van der Waals surface area contributed by atoms with Crippen molar-refractivity contribution in [2.24, 2.45) is 7.05 Å². The molecule has 5 nitrogen and oxygen atoms in total. The maximum absolute atomic E-state index is 12.5. The molecule has 23 heavy (non-hydrogen) atoms. The predicted molar refractivity (Wildman–Crippen MR) is 86.2 cm³/mol. The monoisotopic (exact) mass is 303 g/mol. The van der Waals surface area contributed by atoms with Crippen LogP contribution >= 0.6 is 0 Å². The fraction of sp³-hybridized carbons (Fsp3) is 0.0556. The number of carbonyl (C=O) groups excluding carboxylic acids is 2. The topological polar surface area (TPSA) is 55.2 Å². The largest absolute Gasteiger partial charge is 0.275 e. The molecule has 0 saturated heterocycles. The summed E-state index contributed by atoms with van der Waals surface area (Å²) in [5.74, 6) is -0.576. The Bertz CT molecular complexity index is 908. The second kappa shape index (κ2) is 4.91. The summed E-state index contributed by atoms with van der Waals surface area (Å²) in [6.45, 7) is 0. The number of rotatable bonds is 2. The number of fused-ring (bicyclic) bond motifs is 1. The average molecular weight is 303 g/mol. The van der Waals surface area contributed by atoms with Crippen molar-refractivity contribution in [3.05, 3.63) is 71.9 Å². The van der Waals surface area contributed by atoms with Crippen LogP contribution in [0.3, 0.4) is 0 Å². The molecular weight excluding hydrogens is 290 g/mol. The lowest BCUT2D eigenvalue weighted by Crippen LogP contribution is -2.29. The van der Waals surface area contributed by atoms with Crippen LogP contribution in [0.1, 0.15) is 20.7 Å². The number of hydrogen-bond acceptors (Lipinski definition) is 3. The summed E-state index contributed by atoms with van der Waals surface area (Å²) < 4.78 is 1.71. The Morgan fingerprint density at radius 2 is 1.57 bits per heavy atom. The van der Waals surface area contributed by atoms with Crippen molar-refractivity contribution in [2.45, 2.75) is 0 Å². The Labute approximate surface area is 132 Å². The first-order chi connectivity index (χ1) is 11.1. The molecule has 1 aromatic heterocycles. The first kappa shape index (κ1) is 13.5.